The van der Waals surface area contributed by atoms with Crippen LogP contribution in [-0.2, 0) is 0 Å². The first-order valence-corrected chi connectivity index (χ1v) is 7.72. The fourth-order valence-electron chi connectivity index (χ4n) is 2.88. The van der Waals surface area contributed by atoms with Gasteiger partial charge in [0, 0.05) is 19.0 Å². The van der Waals surface area contributed by atoms with Gasteiger partial charge in [0.25, 0.3) is 0 Å². The monoisotopic (exact) mass is 263 g/mol. The van der Waals surface area contributed by atoms with E-state index in [1.54, 1.807) is 0 Å². The van der Waals surface area contributed by atoms with Gasteiger partial charge in [-0.05, 0) is 36.1 Å². The van der Waals surface area contributed by atoms with Gasteiger partial charge in [0.05, 0.1) is 0 Å². The molecule has 18 heavy (non-hydrogen) atoms. The van der Waals surface area contributed by atoms with Crippen LogP contribution >= 0.6 is 12.6 Å². The molecule has 1 fully saturated rings. The smallest absolute Gasteiger partial charge is 0.00582 e. The standard InChI is InChI=1S/C16H25NS/c1-13(2)15-8-9-17(10-15)11-16(12-18)14-6-4-3-5-7-14/h3-7,13,15-16,18H,8-12H2,1-2H3. The van der Waals surface area contributed by atoms with Crippen molar-refractivity contribution in [2.24, 2.45) is 11.8 Å². The second-order valence-corrected chi connectivity index (χ2v) is 6.21. The van der Waals surface area contributed by atoms with Gasteiger partial charge in [0.15, 0.2) is 0 Å². The Hall–Kier alpha value is -0.470. The Balaban J connectivity index is 1.92. The van der Waals surface area contributed by atoms with Crippen LogP contribution in [0.4, 0.5) is 0 Å². The number of likely N-dealkylation sites (tertiary alicyclic amines) is 1. The first-order valence-electron chi connectivity index (χ1n) is 7.09. The van der Waals surface area contributed by atoms with E-state index in [2.05, 4.69) is 61.7 Å². The largest absolute Gasteiger partial charge is 0.302 e. The van der Waals surface area contributed by atoms with Crippen molar-refractivity contribution in [2.45, 2.75) is 26.2 Å². The highest BCUT2D eigenvalue weighted by atomic mass is 32.1. The zero-order valence-electron chi connectivity index (χ0n) is 11.5. The Morgan fingerprint density at radius 2 is 2.00 bits per heavy atom. The van der Waals surface area contributed by atoms with Crippen LogP contribution in [0.1, 0.15) is 31.7 Å². The van der Waals surface area contributed by atoms with Crippen LogP contribution in [0.3, 0.4) is 0 Å². The van der Waals surface area contributed by atoms with Gasteiger partial charge in [-0.1, -0.05) is 44.2 Å². The van der Waals surface area contributed by atoms with E-state index < -0.39 is 0 Å². The molecule has 1 aromatic rings. The SMILES string of the molecule is CC(C)C1CCN(CC(CS)c2ccccc2)C1. The van der Waals surface area contributed by atoms with Gasteiger partial charge < -0.3 is 4.90 Å². The van der Waals surface area contributed by atoms with Crippen LogP contribution in [0.25, 0.3) is 0 Å². The average molecular weight is 263 g/mol. The summed E-state index contributed by atoms with van der Waals surface area (Å²) in [6.45, 7) is 8.40. The quantitative estimate of drug-likeness (QED) is 0.793. The van der Waals surface area contributed by atoms with Crippen molar-refractivity contribution in [1.82, 2.24) is 4.90 Å². The second kappa shape index (κ2) is 6.63. The molecule has 2 rings (SSSR count). The maximum absolute atomic E-state index is 4.54. The van der Waals surface area contributed by atoms with E-state index >= 15 is 0 Å². The predicted molar refractivity (Wildman–Crippen MR) is 82.4 cm³/mol. The van der Waals surface area contributed by atoms with Gasteiger partial charge in [0.1, 0.15) is 0 Å². The molecule has 1 nitrogen and oxygen atoms in total. The van der Waals surface area contributed by atoms with Crippen LogP contribution in [0, 0.1) is 11.8 Å². The van der Waals surface area contributed by atoms with Crippen molar-refractivity contribution in [2.75, 3.05) is 25.4 Å². The number of thiol groups is 1. The minimum Gasteiger partial charge on any atom is -0.302 e. The molecular weight excluding hydrogens is 238 g/mol. The van der Waals surface area contributed by atoms with E-state index in [1.165, 1.54) is 25.1 Å². The maximum Gasteiger partial charge on any atom is 0.00582 e. The third kappa shape index (κ3) is 3.52. The zero-order chi connectivity index (χ0) is 13.0. The first kappa shape index (κ1) is 14.0. The van der Waals surface area contributed by atoms with Gasteiger partial charge in [-0.3, -0.25) is 0 Å². The van der Waals surface area contributed by atoms with Crippen molar-refractivity contribution < 1.29 is 0 Å². The zero-order valence-corrected chi connectivity index (χ0v) is 12.4. The normalized spacial score (nSPS) is 22.6. The topological polar surface area (TPSA) is 3.24 Å². The van der Waals surface area contributed by atoms with Crippen molar-refractivity contribution in [3.05, 3.63) is 35.9 Å². The molecule has 2 heteroatoms. The third-order valence-corrected chi connectivity index (χ3v) is 4.66. The number of rotatable bonds is 5. The summed E-state index contributed by atoms with van der Waals surface area (Å²) in [5.74, 6) is 3.22. The summed E-state index contributed by atoms with van der Waals surface area (Å²) < 4.78 is 0. The van der Waals surface area contributed by atoms with E-state index in [4.69, 9.17) is 0 Å². The highest BCUT2D eigenvalue weighted by Crippen LogP contribution is 2.26. The molecule has 1 aliphatic heterocycles. The summed E-state index contributed by atoms with van der Waals surface area (Å²) in [5, 5.41) is 0. The van der Waals surface area contributed by atoms with E-state index in [0.29, 0.717) is 5.92 Å². The Morgan fingerprint density at radius 1 is 1.28 bits per heavy atom. The maximum atomic E-state index is 4.54. The molecule has 0 bridgehead atoms. The van der Waals surface area contributed by atoms with E-state index in [0.717, 1.165) is 24.1 Å². The van der Waals surface area contributed by atoms with Crippen LogP contribution in [0.2, 0.25) is 0 Å². The van der Waals surface area contributed by atoms with E-state index in [-0.39, 0.29) is 0 Å². The van der Waals surface area contributed by atoms with Crippen molar-refractivity contribution in [3.63, 3.8) is 0 Å². The Kier molecular flexibility index (Phi) is 5.13. The lowest BCUT2D eigenvalue weighted by Crippen LogP contribution is -2.28. The number of nitrogens with zero attached hydrogens (tertiary/aromatic N) is 1. The Morgan fingerprint density at radius 3 is 2.56 bits per heavy atom. The molecule has 1 heterocycles. The molecule has 1 saturated heterocycles. The third-order valence-electron chi connectivity index (χ3n) is 4.22. The van der Waals surface area contributed by atoms with Gasteiger partial charge in [-0.25, -0.2) is 0 Å². The van der Waals surface area contributed by atoms with E-state index in [1.807, 2.05) is 0 Å². The van der Waals surface area contributed by atoms with Gasteiger partial charge in [-0.2, -0.15) is 12.6 Å². The molecule has 0 N–H and O–H groups in total. The molecule has 0 aromatic heterocycles. The molecule has 0 radical (unpaired) electrons. The highest BCUT2D eigenvalue weighted by molar-refractivity contribution is 7.80. The average Bonchev–Trinajstić information content (AvgIpc) is 2.86. The highest BCUT2D eigenvalue weighted by Gasteiger charge is 2.26. The first-order chi connectivity index (χ1) is 8.70. The molecule has 2 atom stereocenters. The fourth-order valence-corrected chi connectivity index (χ4v) is 3.20. The number of hydrogen-bond acceptors (Lipinski definition) is 2. The van der Waals surface area contributed by atoms with Gasteiger partial charge in [0.2, 0.25) is 0 Å². The van der Waals surface area contributed by atoms with Crippen LogP contribution in [0.5, 0.6) is 0 Å². The Labute approximate surface area is 117 Å². The molecule has 1 aromatic carbocycles. The fraction of sp³-hybridized carbons (Fsp3) is 0.625. The summed E-state index contributed by atoms with van der Waals surface area (Å²) in [6.07, 6.45) is 1.37. The number of benzene rings is 1. The predicted octanol–water partition coefficient (Wildman–Crippen LogP) is 3.68. The molecule has 0 spiro atoms. The van der Waals surface area contributed by atoms with Crippen molar-refractivity contribution >= 4 is 12.6 Å². The molecular formula is C16H25NS. The van der Waals surface area contributed by atoms with Gasteiger partial charge >= 0.3 is 0 Å². The molecule has 0 saturated carbocycles. The lowest BCUT2D eigenvalue weighted by atomic mass is 9.95. The molecule has 0 amide bonds. The second-order valence-electron chi connectivity index (χ2n) is 5.84. The number of hydrogen-bond donors (Lipinski definition) is 1. The Bertz CT molecular complexity index is 349. The summed E-state index contributed by atoms with van der Waals surface area (Å²) in [4.78, 5) is 2.62. The minimum atomic E-state index is 0.570. The molecule has 0 aliphatic carbocycles. The molecule has 2 unspecified atom stereocenters. The minimum absolute atomic E-state index is 0.570. The van der Waals surface area contributed by atoms with Crippen LogP contribution in [0.15, 0.2) is 30.3 Å². The van der Waals surface area contributed by atoms with Crippen molar-refractivity contribution in [3.8, 4) is 0 Å². The lowest BCUT2D eigenvalue weighted by Gasteiger charge is -2.23. The summed E-state index contributed by atoms with van der Waals surface area (Å²) in [7, 11) is 0. The van der Waals surface area contributed by atoms with E-state index in [9.17, 15) is 0 Å². The van der Waals surface area contributed by atoms with Crippen LogP contribution < -0.4 is 0 Å². The summed E-state index contributed by atoms with van der Waals surface area (Å²) in [5.41, 5.74) is 1.43. The summed E-state index contributed by atoms with van der Waals surface area (Å²) >= 11 is 4.54. The molecule has 1 aliphatic rings. The molecule has 100 valence electrons. The van der Waals surface area contributed by atoms with Crippen molar-refractivity contribution in [1.29, 1.82) is 0 Å². The van der Waals surface area contributed by atoms with Gasteiger partial charge in [-0.15, -0.1) is 0 Å². The van der Waals surface area contributed by atoms with Crippen LogP contribution in [-0.4, -0.2) is 30.3 Å². The lowest BCUT2D eigenvalue weighted by molar-refractivity contribution is 0.292. The summed E-state index contributed by atoms with van der Waals surface area (Å²) in [6, 6.07) is 10.8.